The van der Waals surface area contributed by atoms with Crippen molar-refractivity contribution in [2.75, 3.05) is 10.6 Å². The monoisotopic (exact) mass is 403 g/mol. The van der Waals surface area contributed by atoms with Gasteiger partial charge in [0.15, 0.2) is 5.65 Å². The second kappa shape index (κ2) is 7.25. The van der Waals surface area contributed by atoms with Crippen LogP contribution >= 0.6 is 0 Å². The largest absolute Gasteiger partial charge is 0.351 e. The number of fused-ring (bicyclic) bond motifs is 1. The molecule has 1 aliphatic heterocycles. The predicted octanol–water partition coefficient (Wildman–Crippen LogP) is 2.51. The van der Waals surface area contributed by atoms with Crippen LogP contribution in [0.25, 0.3) is 11.7 Å². The summed E-state index contributed by atoms with van der Waals surface area (Å²) >= 11 is 0. The zero-order valence-electron chi connectivity index (χ0n) is 16.4. The number of benzene rings is 1. The van der Waals surface area contributed by atoms with Crippen LogP contribution in [0.2, 0.25) is 0 Å². The van der Waals surface area contributed by atoms with E-state index in [-0.39, 0.29) is 24.3 Å². The van der Waals surface area contributed by atoms with Crippen LogP contribution < -0.4 is 16.0 Å². The number of imide groups is 1. The van der Waals surface area contributed by atoms with Gasteiger partial charge in [0.05, 0.1) is 12.6 Å². The van der Waals surface area contributed by atoms with Gasteiger partial charge < -0.3 is 10.6 Å². The van der Waals surface area contributed by atoms with E-state index in [0.717, 1.165) is 5.69 Å². The highest BCUT2D eigenvalue weighted by atomic mass is 16.2. The van der Waals surface area contributed by atoms with Gasteiger partial charge in [-0.1, -0.05) is 18.2 Å². The van der Waals surface area contributed by atoms with Crippen LogP contribution in [-0.2, 0) is 9.59 Å². The van der Waals surface area contributed by atoms with Crippen LogP contribution in [0.4, 0.5) is 17.6 Å². The van der Waals surface area contributed by atoms with Gasteiger partial charge in [0.1, 0.15) is 0 Å². The van der Waals surface area contributed by atoms with Crippen molar-refractivity contribution in [1.82, 2.24) is 24.9 Å². The Labute approximate surface area is 172 Å². The number of aromatic nitrogens is 4. The number of carbonyl (C=O) groups is 2. The number of nitrogens with zero attached hydrogens (tertiary/aromatic N) is 4. The molecule has 3 aromatic rings. The molecule has 0 bridgehead atoms. The molecule has 1 aliphatic carbocycles. The summed E-state index contributed by atoms with van der Waals surface area (Å²) < 4.78 is 1.60. The molecule has 1 saturated heterocycles. The van der Waals surface area contributed by atoms with Crippen molar-refractivity contribution in [3.63, 3.8) is 0 Å². The van der Waals surface area contributed by atoms with Crippen LogP contribution in [0.15, 0.2) is 42.1 Å². The summed E-state index contributed by atoms with van der Waals surface area (Å²) in [5.74, 6) is 0.955. The van der Waals surface area contributed by atoms with Crippen molar-refractivity contribution in [2.24, 2.45) is 5.92 Å². The molecule has 2 aliphatic rings. The molecule has 3 N–H and O–H groups in total. The van der Waals surface area contributed by atoms with Gasteiger partial charge in [-0.25, -0.2) is 0 Å². The molecule has 1 saturated carbocycles. The zero-order valence-corrected chi connectivity index (χ0v) is 16.4. The van der Waals surface area contributed by atoms with Gasteiger partial charge in [-0.05, 0) is 43.9 Å². The second-order valence-electron chi connectivity index (χ2n) is 7.69. The SMILES string of the molecule is CC(Nc1nc(Nc2ccccc2)n2ncc(/C=C3\CC(=O)NC3=O)c2n1)C1CC1. The van der Waals surface area contributed by atoms with E-state index in [0.29, 0.717) is 34.6 Å². The number of hydrogen-bond acceptors (Lipinski definition) is 7. The van der Waals surface area contributed by atoms with E-state index in [2.05, 4.69) is 37.9 Å². The average molecular weight is 403 g/mol. The van der Waals surface area contributed by atoms with E-state index in [9.17, 15) is 9.59 Å². The molecule has 30 heavy (non-hydrogen) atoms. The first-order chi connectivity index (χ1) is 14.6. The van der Waals surface area contributed by atoms with E-state index >= 15 is 0 Å². The zero-order chi connectivity index (χ0) is 20.7. The lowest BCUT2D eigenvalue weighted by atomic mass is 10.1. The summed E-state index contributed by atoms with van der Waals surface area (Å²) in [7, 11) is 0. The van der Waals surface area contributed by atoms with Gasteiger partial charge in [-0.15, -0.1) is 0 Å². The van der Waals surface area contributed by atoms with Crippen molar-refractivity contribution < 1.29 is 9.59 Å². The molecule has 1 aromatic carbocycles. The molecular formula is C21H21N7O2. The fraction of sp³-hybridized carbons (Fsp3) is 0.286. The Morgan fingerprint density at radius 2 is 2.00 bits per heavy atom. The van der Waals surface area contributed by atoms with Gasteiger partial charge in [0.25, 0.3) is 5.91 Å². The minimum atomic E-state index is -0.378. The highest BCUT2D eigenvalue weighted by molar-refractivity contribution is 6.15. The third-order valence-electron chi connectivity index (χ3n) is 5.34. The van der Waals surface area contributed by atoms with E-state index in [4.69, 9.17) is 0 Å². The third-order valence-corrected chi connectivity index (χ3v) is 5.34. The Bertz CT molecular complexity index is 1160. The number of rotatable bonds is 6. The molecule has 9 nitrogen and oxygen atoms in total. The molecule has 1 atom stereocenters. The molecular weight excluding hydrogens is 382 g/mol. The normalized spacial score (nSPS) is 18.6. The number of anilines is 3. The lowest BCUT2D eigenvalue weighted by Crippen LogP contribution is -2.20. The average Bonchev–Trinajstić information content (AvgIpc) is 3.43. The summed E-state index contributed by atoms with van der Waals surface area (Å²) in [6, 6.07) is 9.95. The molecule has 3 heterocycles. The number of amides is 2. The highest BCUT2D eigenvalue weighted by Crippen LogP contribution is 2.34. The Balaban J connectivity index is 1.57. The Kier molecular flexibility index (Phi) is 4.42. The van der Waals surface area contributed by atoms with Gasteiger partial charge in [0.2, 0.25) is 17.8 Å². The molecule has 2 amide bonds. The highest BCUT2D eigenvalue weighted by Gasteiger charge is 2.29. The van der Waals surface area contributed by atoms with Crippen molar-refractivity contribution >= 4 is 41.1 Å². The van der Waals surface area contributed by atoms with Crippen LogP contribution in [0.5, 0.6) is 0 Å². The van der Waals surface area contributed by atoms with Crippen molar-refractivity contribution in [1.29, 1.82) is 0 Å². The molecule has 5 rings (SSSR count). The van der Waals surface area contributed by atoms with E-state index in [1.54, 1.807) is 16.8 Å². The molecule has 2 fully saturated rings. The summed E-state index contributed by atoms with van der Waals surface area (Å²) in [6.07, 6.45) is 5.75. The number of carbonyl (C=O) groups excluding carboxylic acids is 2. The Morgan fingerprint density at radius 3 is 2.70 bits per heavy atom. The first kappa shape index (κ1) is 18.3. The summed E-state index contributed by atoms with van der Waals surface area (Å²) in [5, 5.41) is 13.4. The van der Waals surface area contributed by atoms with Gasteiger partial charge >= 0.3 is 0 Å². The Morgan fingerprint density at radius 1 is 1.20 bits per heavy atom. The first-order valence-corrected chi connectivity index (χ1v) is 9.96. The van der Waals surface area contributed by atoms with E-state index < -0.39 is 0 Å². The number of para-hydroxylation sites is 1. The summed E-state index contributed by atoms with van der Waals surface area (Å²) in [6.45, 7) is 2.13. The molecule has 0 spiro atoms. The van der Waals surface area contributed by atoms with Crippen LogP contribution in [0.3, 0.4) is 0 Å². The lowest BCUT2D eigenvalue weighted by Gasteiger charge is -2.15. The molecule has 152 valence electrons. The smallest absolute Gasteiger partial charge is 0.254 e. The maximum Gasteiger partial charge on any atom is 0.254 e. The van der Waals surface area contributed by atoms with Crippen LogP contribution in [-0.4, -0.2) is 37.4 Å². The maximum atomic E-state index is 12.0. The van der Waals surface area contributed by atoms with Gasteiger partial charge in [-0.3, -0.25) is 14.9 Å². The number of nitrogens with one attached hydrogen (secondary N) is 3. The second-order valence-corrected chi connectivity index (χ2v) is 7.69. The van der Waals surface area contributed by atoms with Crippen LogP contribution in [0, 0.1) is 5.92 Å². The molecule has 9 heteroatoms. The van der Waals surface area contributed by atoms with Crippen LogP contribution in [0.1, 0.15) is 31.7 Å². The van der Waals surface area contributed by atoms with Gasteiger partial charge in [-0.2, -0.15) is 19.6 Å². The van der Waals surface area contributed by atoms with Crippen molar-refractivity contribution in [3.05, 3.63) is 47.7 Å². The quantitative estimate of drug-likeness (QED) is 0.428. The molecule has 0 radical (unpaired) electrons. The standard InChI is InChI=1S/C21H21N7O2/c1-12(13-7-8-13)23-20-26-18-15(9-14-10-17(29)25-19(14)30)11-22-28(18)21(27-20)24-16-5-3-2-4-6-16/h2-6,9,11-13H,7-8,10H2,1H3,(H,25,29,30)(H2,23,24,26,27)/b14-9+. The van der Waals surface area contributed by atoms with Gasteiger partial charge in [0, 0.05) is 22.9 Å². The minimum Gasteiger partial charge on any atom is -0.351 e. The van der Waals surface area contributed by atoms with E-state index in [1.807, 2.05) is 30.3 Å². The summed E-state index contributed by atoms with van der Waals surface area (Å²) in [4.78, 5) is 32.8. The third kappa shape index (κ3) is 3.61. The minimum absolute atomic E-state index is 0.0558. The predicted molar refractivity (Wildman–Crippen MR) is 112 cm³/mol. The topological polar surface area (TPSA) is 113 Å². The fourth-order valence-electron chi connectivity index (χ4n) is 3.52. The van der Waals surface area contributed by atoms with E-state index in [1.165, 1.54) is 12.8 Å². The lowest BCUT2D eigenvalue weighted by molar-refractivity contribution is -0.124. The molecule has 2 aromatic heterocycles. The Hall–Kier alpha value is -3.75. The first-order valence-electron chi connectivity index (χ1n) is 9.96. The van der Waals surface area contributed by atoms with Crippen molar-refractivity contribution in [3.8, 4) is 0 Å². The fourth-order valence-corrected chi connectivity index (χ4v) is 3.52. The number of hydrogen-bond donors (Lipinski definition) is 3. The van der Waals surface area contributed by atoms with Crippen molar-refractivity contribution in [2.45, 2.75) is 32.2 Å². The molecule has 1 unspecified atom stereocenters. The summed E-state index contributed by atoms with van der Waals surface area (Å²) in [5.41, 5.74) is 2.46. The maximum absolute atomic E-state index is 12.0.